The van der Waals surface area contributed by atoms with E-state index in [-0.39, 0.29) is 0 Å². The zero-order valence-corrected chi connectivity index (χ0v) is 8.69. The van der Waals surface area contributed by atoms with Crippen LogP contribution in [-0.2, 0) is 0 Å². The third-order valence-corrected chi connectivity index (χ3v) is 1.97. The molecule has 1 heterocycles. The topological polar surface area (TPSA) is 12.9 Å². The maximum atomic E-state index is 4.16. The summed E-state index contributed by atoms with van der Waals surface area (Å²) < 4.78 is 0. The molecule has 2 heteroatoms. The van der Waals surface area contributed by atoms with Gasteiger partial charge in [0.05, 0.1) is 0 Å². The highest BCUT2D eigenvalue weighted by molar-refractivity contribution is 8.02. The van der Waals surface area contributed by atoms with E-state index in [0.717, 1.165) is 5.03 Å². The zero-order valence-electron chi connectivity index (χ0n) is 7.87. The molecule has 0 radical (unpaired) electrons. The minimum absolute atomic E-state index is 1.04. The summed E-state index contributed by atoms with van der Waals surface area (Å²) >= 11 is 1.55. The van der Waals surface area contributed by atoms with E-state index in [1.807, 2.05) is 32.9 Å². The molecule has 0 aromatic carbocycles. The Morgan fingerprint density at radius 3 is 2.67 bits per heavy atom. The Bertz CT molecular complexity index is 233. The molecule has 1 aromatic heterocycles. The van der Waals surface area contributed by atoms with E-state index in [0.29, 0.717) is 0 Å². The molecule has 0 fully saturated rings. The van der Waals surface area contributed by atoms with Gasteiger partial charge in [-0.15, -0.1) is 0 Å². The zero-order chi connectivity index (χ0) is 9.40. The molecular weight excluding hydrogens is 166 g/mol. The van der Waals surface area contributed by atoms with Crippen molar-refractivity contribution in [2.24, 2.45) is 0 Å². The summed E-state index contributed by atoms with van der Waals surface area (Å²) in [6.07, 6.45) is 1.79. The number of rotatable bonds is 2. The lowest BCUT2D eigenvalue weighted by Gasteiger charge is -1.97. The van der Waals surface area contributed by atoms with Gasteiger partial charge in [0.15, 0.2) is 0 Å². The fourth-order valence-corrected chi connectivity index (χ4v) is 1.21. The van der Waals surface area contributed by atoms with E-state index < -0.39 is 0 Å². The van der Waals surface area contributed by atoms with Gasteiger partial charge in [0, 0.05) is 6.20 Å². The normalized spacial score (nSPS) is 8.25. The van der Waals surface area contributed by atoms with E-state index in [2.05, 4.69) is 11.6 Å². The highest BCUT2D eigenvalue weighted by Crippen LogP contribution is 2.18. The summed E-state index contributed by atoms with van der Waals surface area (Å²) in [6.45, 7) is 9.66. The van der Waals surface area contributed by atoms with Crippen molar-refractivity contribution in [3.8, 4) is 0 Å². The van der Waals surface area contributed by atoms with Crippen LogP contribution in [-0.4, -0.2) is 4.98 Å². The highest BCUT2D eigenvalue weighted by atomic mass is 32.2. The van der Waals surface area contributed by atoms with Gasteiger partial charge in [-0.2, -0.15) is 0 Å². The van der Waals surface area contributed by atoms with Gasteiger partial charge in [-0.25, -0.2) is 4.98 Å². The lowest BCUT2D eigenvalue weighted by Crippen LogP contribution is -1.80. The third-order valence-electron chi connectivity index (χ3n) is 1.16. The average molecular weight is 181 g/mol. The smallest absolute Gasteiger partial charge is 0.103 e. The molecular formula is C10H15NS. The largest absolute Gasteiger partial charge is 0.249 e. The van der Waals surface area contributed by atoms with E-state index in [1.54, 1.807) is 23.4 Å². The molecule has 0 aliphatic carbocycles. The molecule has 1 aromatic rings. The molecule has 0 saturated heterocycles. The number of hydrogen-bond donors (Lipinski definition) is 0. The molecule has 0 spiro atoms. The first-order valence-electron chi connectivity index (χ1n) is 4.04. The SMILES string of the molecule is C=CSc1ncccc1C.CC. The van der Waals surface area contributed by atoms with Crippen molar-refractivity contribution in [2.75, 3.05) is 0 Å². The van der Waals surface area contributed by atoms with E-state index in [4.69, 9.17) is 0 Å². The van der Waals surface area contributed by atoms with Gasteiger partial charge in [-0.1, -0.05) is 38.3 Å². The molecule has 0 aliphatic rings. The van der Waals surface area contributed by atoms with Crippen molar-refractivity contribution >= 4 is 11.8 Å². The van der Waals surface area contributed by atoms with Crippen molar-refractivity contribution in [1.82, 2.24) is 4.98 Å². The molecule has 0 atom stereocenters. The quantitative estimate of drug-likeness (QED) is 0.646. The second-order valence-electron chi connectivity index (χ2n) is 1.91. The van der Waals surface area contributed by atoms with Gasteiger partial charge in [0.1, 0.15) is 5.03 Å². The fourth-order valence-electron chi connectivity index (χ4n) is 0.674. The van der Waals surface area contributed by atoms with Gasteiger partial charge >= 0.3 is 0 Å². The summed E-state index contributed by atoms with van der Waals surface area (Å²) in [6, 6.07) is 3.97. The van der Waals surface area contributed by atoms with Crippen LogP contribution in [0.25, 0.3) is 0 Å². The van der Waals surface area contributed by atoms with Crippen LogP contribution in [0, 0.1) is 6.92 Å². The predicted octanol–water partition coefficient (Wildman–Crippen LogP) is 3.65. The summed E-state index contributed by atoms with van der Waals surface area (Å²) in [4.78, 5) is 4.16. The van der Waals surface area contributed by atoms with Gasteiger partial charge in [-0.3, -0.25) is 0 Å². The van der Waals surface area contributed by atoms with Crippen LogP contribution >= 0.6 is 11.8 Å². The first-order chi connectivity index (χ1) is 5.84. The molecule has 1 rings (SSSR count). The van der Waals surface area contributed by atoms with Crippen molar-refractivity contribution in [2.45, 2.75) is 25.8 Å². The van der Waals surface area contributed by atoms with Gasteiger partial charge in [0.25, 0.3) is 0 Å². The minimum Gasteiger partial charge on any atom is -0.249 e. The number of pyridine rings is 1. The van der Waals surface area contributed by atoms with Crippen LogP contribution in [0.3, 0.4) is 0 Å². The Balaban J connectivity index is 0.000000561. The first kappa shape index (κ1) is 11.2. The minimum atomic E-state index is 1.04. The second kappa shape index (κ2) is 6.92. The predicted molar refractivity (Wildman–Crippen MR) is 56.4 cm³/mol. The molecule has 0 amide bonds. The Morgan fingerprint density at radius 2 is 2.17 bits per heavy atom. The molecule has 66 valence electrons. The maximum Gasteiger partial charge on any atom is 0.103 e. The van der Waals surface area contributed by atoms with Crippen LogP contribution in [0.4, 0.5) is 0 Å². The van der Waals surface area contributed by atoms with Crippen LogP contribution in [0.5, 0.6) is 0 Å². The number of thioether (sulfide) groups is 1. The van der Waals surface area contributed by atoms with Crippen LogP contribution in [0.1, 0.15) is 19.4 Å². The monoisotopic (exact) mass is 181 g/mol. The van der Waals surface area contributed by atoms with Crippen molar-refractivity contribution in [3.05, 3.63) is 35.9 Å². The Hall–Kier alpha value is -0.760. The van der Waals surface area contributed by atoms with Crippen molar-refractivity contribution in [1.29, 1.82) is 0 Å². The number of nitrogens with zero attached hydrogens (tertiary/aromatic N) is 1. The van der Waals surface area contributed by atoms with Crippen LogP contribution < -0.4 is 0 Å². The maximum absolute atomic E-state index is 4.16. The van der Waals surface area contributed by atoms with Gasteiger partial charge in [0.2, 0.25) is 0 Å². The van der Waals surface area contributed by atoms with Crippen LogP contribution in [0.2, 0.25) is 0 Å². The lowest BCUT2D eigenvalue weighted by atomic mass is 10.3. The molecule has 0 bridgehead atoms. The molecule has 1 nitrogen and oxygen atoms in total. The Morgan fingerprint density at radius 1 is 1.50 bits per heavy atom. The van der Waals surface area contributed by atoms with E-state index in [9.17, 15) is 0 Å². The summed E-state index contributed by atoms with van der Waals surface area (Å²) in [5.41, 5.74) is 1.20. The summed E-state index contributed by atoms with van der Waals surface area (Å²) in [5.74, 6) is 0. The molecule has 0 unspecified atom stereocenters. The lowest BCUT2D eigenvalue weighted by molar-refractivity contribution is 1.08. The van der Waals surface area contributed by atoms with E-state index >= 15 is 0 Å². The standard InChI is InChI=1S/C8H9NS.C2H6/c1-3-10-8-7(2)5-4-6-9-8;1-2/h3-6H,1H2,2H3;1-2H3. The van der Waals surface area contributed by atoms with Crippen LogP contribution in [0.15, 0.2) is 35.3 Å². The molecule has 12 heavy (non-hydrogen) atoms. The number of hydrogen-bond acceptors (Lipinski definition) is 2. The number of aryl methyl sites for hydroxylation is 1. The highest BCUT2D eigenvalue weighted by Gasteiger charge is 1.93. The van der Waals surface area contributed by atoms with Gasteiger partial charge in [-0.05, 0) is 24.0 Å². The Labute approximate surface area is 78.9 Å². The van der Waals surface area contributed by atoms with E-state index in [1.165, 1.54) is 5.56 Å². The Kier molecular flexibility index (Phi) is 6.48. The third kappa shape index (κ3) is 3.58. The molecule has 0 saturated carbocycles. The van der Waals surface area contributed by atoms with Crippen molar-refractivity contribution < 1.29 is 0 Å². The average Bonchev–Trinajstić information content (AvgIpc) is 2.13. The summed E-state index contributed by atoms with van der Waals surface area (Å²) in [7, 11) is 0. The second-order valence-corrected chi connectivity index (χ2v) is 2.87. The first-order valence-corrected chi connectivity index (χ1v) is 4.91. The van der Waals surface area contributed by atoms with Crippen molar-refractivity contribution in [3.63, 3.8) is 0 Å². The molecule has 0 N–H and O–H groups in total. The van der Waals surface area contributed by atoms with Gasteiger partial charge < -0.3 is 0 Å². The number of aromatic nitrogens is 1. The molecule has 0 aliphatic heterocycles. The summed E-state index contributed by atoms with van der Waals surface area (Å²) in [5, 5.41) is 2.83. The fraction of sp³-hybridized carbons (Fsp3) is 0.300.